The lowest BCUT2D eigenvalue weighted by atomic mass is 10.4. The summed E-state index contributed by atoms with van der Waals surface area (Å²) in [4.78, 5) is 0. The van der Waals surface area contributed by atoms with Crippen LogP contribution in [0.3, 0.4) is 0 Å². The van der Waals surface area contributed by atoms with Gasteiger partial charge in [0.15, 0.2) is 0 Å². The largest absolute Gasteiger partial charge is 0.0622 e. The molecule has 0 aliphatic rings. The van der Waals surface area contributed by atoms with Crippen LogP contribution >= 0.6 is 7.92 Å². The van der Waals surface area contributed by atoms with Crippen molar-refractivity contribution in [1.82, 2.24) is 0 Å². The zero-order valence-corrected chi connectivity index (χ0v) is 11.9. The summed E-state index contributed by atoms with van der Waals surface area (Å²) in [5.41, 5.74) is 0. The van der Waals surface area contributed by atoms with Crippen molar-refractivity contribution < 1.29 is 5.48 Å². The van der Waals surface area contributed by atoms with Crippen LogP contribution in [0, 0.1) is 0 Å². The first-order valence-electron chi connectivity index (χ1n) is 6.40. The third-order valence-corrected chi connectivity index (χ3v) is 5.49. The molecule has 0 aromatic heterocycles. The molecule has 0 fully saturated rings. The van der Waals surface area contributed by atoms with Crippen LogP contribution in [-0.4, -0.2) is 0 Å². The van der Waals surface area contributed by atoms with Crippen LogP contribution in [0.1, 0.15) is 0 Å². The van der Waals surface area contributed by atoms with Gasteiger partial charge in [0, 0.05) is 5.48 Å². The van der Waals surface area contributed by atoms with E-state index in [1.54, 1.807) is 0 Å². The lowest BCUT2D eigenvalue weighted by Crippen LogP contribution is -2.20. The van der Waals surface area contributed by atoms with Crippen molar-refractivity contribution >= 4 is 23.8 Å². The number of hydrogen-bond acceptors (Lipinski definition) is 0. The molecule has 98 valence electrons. The Morgan fingerprint density at radius 3 is 0.900 bits per heavy atom. The third kappa shape index (κ3) is 3.14. The van der Waals surface area contributed by atoms with E-state index >= 15 is 0 Å². The molecule has 0 spiro atoms. The van der Waals surface area contributed by atoms with Gasteiger partial charge in [-0.05, 0) is 23.8 Å². The van der Waals surface area contributed by atoms with Gasteiger partial charge >= 0.3 is 0 Å². The van der Waals surface area contributed by atoms with Crippen molar-refractivity contribution in [2.45, 2.75) is 0 Å². The molecule has 0 saturated heterocycles. The highest BCUT2D eigenvalue weighted by atomic mass is 31.1. The van der Waals surface area contributed by atoms with Crippen LogP contribution in [0.4, 0.5) is 0 Å². The Labute approximate surface area is 121 Å². The third-order valence-electron chi connectivity index (χ3n) is 3.04. The van der Waals surface area contributed by atoms with E-state index < -0.39 is 7.92 Å². The van der Waals surface area contributed by atoms with Crippen LogP contribution in [0.2, 0.25) is 0 Å². The fourth-order valence-corrected chi connectivity index (χ4v) is 4.48. The Bertz CT molecular complexity index is 529. The molecule has 1 nitrogen and oxygen atoms in total. The Hall–Kier alpha value is -1.95. The van der Waals surface area contributed by atoms with Gasteiger partial charge in [-0.1, -0.05) is 91.0 Å². The highest BCUT2D eigenvalue weighted by Crippen LogP contribution is 2.32. The van der Waals surface area contributed by atoms with E-state index in [-0.39, 0.29) is 5.48 Å². The first kappa shape index (κ1) is 14.5. The Morgan fingerprint density at radius 1 is 0.400 bits per heavy atom. The summed E-state index contributed by atoms with van der Waals surface area (Å²) in [6.45, 7) is 0. The fraction of sp³-hybridized carbons (Fsp3) is 0. The van der Waals surface area contributed by atoms with Gasteiger partial charge in [0.1, 0.15) is 0 Å². The fourth-order valence-electron chi connectivity index (χ4n) is 2.18. The van der Waals surface area contributed by atoms with Gasteiger partial charge in [-0.2, -0.15) is 0 Å². The van der Waals surface area contributed by atoms with Crippen molar-refractivity contribution in [2.75, 3.05) is 0 Å². The van der Waals surface area contributed by atoms with E-state index in [1.807, 2.05) is 0 Å². The van der Waals surface area contributed by atoms with Crippen LogP contribution < -0.4 is 15.9 Å². The van der Waals surface area contributed by atoms with Crippen LogP contribution in [0.5, 0.6) is 0 Å². The first-order chi connectivity index (χ1) is 9.45. The van der Waals surface area contributed by atoms with Gasteiger partial charge in [0.05, 0.1) is 0 Å². The summed E-state index contributed by atoms with van der Waals surface area (Å²) in [5.74, 6) is 0. The monoisotopic (exact) mass is 278 g/mol. The van der Waals surface area contributed by atoms with E-state index in [0.29, 0.717) is 0 Å². The van der Waals surface area contributed by atoms with Crippen LogP contribution in [-0.2, 0) is 5.48 Å². The Kier molecular flexibility index (Phi) is 5.06. The molecular formula is C18H15OP. The summed E-state index contributed by atoms with van der Waals surface area (Å²) in [6, 6.07) is 32.3. The van der Waals surface area contributed by atoms with Crippen molar-refractivity contribution in [3.63, 3.8) is 0 Å². The van der Waals surface area contributed by atoms with Crippen molar-refractivity contribution in [3.05, 3.63) is 91.0 Å². The molecule has 3 aromatic rings. The molecule has 0 unspecified atom stereocenters. The molecule has 0 amide bonds. The SMILES string of the molecule is [O].c1ccc(P(c2ccccc2)c2ccccc2)cc1. The lowest BCUT2D eigenvalue weighted by Gasteiger charge is -2.18. The standard InChI is InChI=1S/C18H15P.O/c1-4-10-16(11-5-1)19(17-12-6-2-7-13-17)18-14-8-3-9-15-18;/h1-15H;. The smallest absolute Gasteiger partial charge is 0 e. The molecule has 2 heteroatoms. The van der Waals surface area contributed by atoms with E-state index in [4.69, 9.17) is 0 Å². The van der Waals surface area contributed by atoms with E-state index in [2.05, 4.69) is 91.0 Å². The molecule has 20 heavy (non-hydrogen) atoms. The summed E-state index contributed by atoms with van der Waals surface area (Å²) in [7, 11) is -0.446. The maximum Gasteiger partial charge on any atom is 0 e. The van der Waals surface area contributed by atoms with Gasteiger partial charge in [-0.3, -0.25) is 0 Å². The number of benzene rings is 3. The van der Waals surface area contributed by atoms with E-state index in [0.717, 1.165) is 0 Å². The second kappa shape index (κ2) is 7.00. The molecule has 0 heterocycles. The molecule has 0 bridgehead atoms. The van der Waals surface area contributed by atoms with Crippen molar-refractivity contribution in [1.29, 1.82) is 0 Å². The minimum Gasteiger partial charge on any atom is -0.0622 e. The molecule has 0 aliphatic carbocycles. The predicted molar refractivity (Wildman–Crippen MR) is 85.8 cm³/mol. The van der Waals surface area contributed by atoms with E-state index in [9.17, 15) is 0 Å². The van der Waals surface area contributed by atoms with Gasteiger partial charge in [0.25, 0.3) is 0 Å². The lowest BCUT2D eigenvalue weighted by molar-refractivity contribution is 0.686. The predicted octanol–water partition coefficient (Wildman–Crippen LogP) is 3.33. The maximum atomic E-state index is 2.23. The quantitative estimate of drug-likeness (QED) is 0.658. The molecule has 3 rings (SSSR count). The molecular weight excluding hydrogens is 263 g/mol. The Balaban J connectivity index is 0.00000147. The molecule has 0 atom stereocenters. The average molecular weight is 278 g/mol. The van der Waals surface area contributed by atoms with Gasteiger partial charge in [-0.15, -0.1) is 0 Å². The second-order valence-electron chi connectivity index (χ2n) is 4.34. The van der Waals surface area contributed by atoms with Crippen LogP contribution in [0.15, 0.2) is 91.0 Å². The minimum absolute atomic E-state index is 0. The summed E-state index contributed by atoms with van der Waals surface area (Å²) >= 11 is 0. The van der Waals surface area contributed by atoms with Gasteiger partial charge in [0.2, 0.25) is 0 Å². The summed E-state index contributed by atoms with van der Waals surface area (Å²) in [5, 5.41) is 4.19. The van der Waals surface area contributed by atoms with Crippen LogP contribution in [0.25, 0.3) is 0 Å². The van der Waals surface area contributed by atoms with Gasteiger partial charge in [-0.25, -0.2) is 0 Å². The molecule has 0 aliphatic heterocycles. The highest BCUT2D eigenvalue weighted by molar-refractivity contribution is 7.79. The second-order valence-corrected chi connectivity index (χ2v) is 6.56. The van der Waals surface area contributed by atoms with Gasteiger partial charge < -0.3 is 0 Å². The molecule has 2 radical (unpaired) electrons. The number of hydrogen-bond donors (Lipinski definition) is 0. The molecule has 3 aromatic carbocycles. The molecule has 0 N–H and O–H groups in total. The Morgan fingerprint density at radius 2 is 0.650 bits per heavy atom. The van der Waals surface area contributed by atoms with Crippen molar-refractivity contribution in [3.8, 4) is 0 Å². The zero-order chi connectivity index (χ0) is 12.9. The summed E-state index contributed by atoms with van der Waals surface area (Å²) in [6.07, 6.45) is 0. The van der Waals surface area contributed by atoms with E-state index in [1.165, 1.54) is 15.9 Å². The first-order valence-corrected chi connectivity index (χ1v) is 7.74. The summed E-state index contributed by atoms with van der Waals surface area (Å²) < 4.78 is 0. The zero-order valence-electron chi connectivity index (χ0n) is 11.0. The number of rotatable bonds is 3. The average Bonchev–Trinajstić information content (AvgIpc) is 2.51. The normalized spacial score (nSPS) is 10.1. The minimum atomic E-state index is -0.446. The highest BCUT2D eigenvalue weighted by Gasteiger charge is 2.14. The topological polar surface area (TPSA) is 28.5 Å². The van der Waals surface area contributed by atoms with Crippen molar-refractivity contribution in [2.24, 2.45) is 0 Å². The maximum absolute atomic E-state index is 2.23. The molecule has 0 saturated carbocycles.